The van der Waals surface area contributed by atoms with Crippen molar-refractivity contribution in [3.63, 3.8) is 0 Å². The minimum absolute atomic E-state index is 0.636. The van der Waals surface area contributed by atoms with E-state index in [2.05, 4.69) is 60.2 Å². The van der Waals surface area contributed by atoms with Gasteiger partial charge in [0.2, 0.25) is 0 Å². The standard InChI is InChI=1S/C20H19Cl.C4H4N2/c1-12-6-8-15-16-9-7-14-5-3-4-13(2)20(14)18(16)11-19(21)17(15)10-12;1-2-6-4-3-5-1/h6-11,13H,3-5H2,1-2H3;1-4H. The molecule has 1 heterocycles. The normalized spacial score (nSPS) is 15.9. The molecule has 0 radical (unpaired) electrons. The van der Waals surface area contributed by atoms with Crippen LogP contribution in [-0.2, 0) is 6.42 Å². The zero-order valence-corrected chi connectivity index (χ0v) is 16.5. The van der Waals surface area contributed by atoms with Crippen molar-refractivity contribution in [3.8, 4) is 0 Å². The molecule has 27 heavy (non-hydrogen) atoms. The molecular weight excluding hydrogens is 352 g/mol. The fourth-order valence-electron chi connectivity index (χ4n) is 4.16. The summed E-state index contributed by atoms with van der Waals surface area (Å²) in [5, 5.41) is 6.05. The van der Waals surface area contributed by atoms with E-state index in [0.717, 1.165) is 5.02 Å². The smallest absolute Gasteiger partial charge is 0.0490 e. The predicted molar refractivity (Wildman–Crippen MR) is 115 cm³/mol. The van der Waals surface area contributed by atoms with Crippen molar-refractivity contribution in [2.45, 2.75) is 39.0 Å². The van der Waals surface area contributed by atoms with Crippen LogP contribution in [-0.4, -0.2) is 9.97 Å². The van der Waals surface area contributed by atoms with Gasteiger partial charge in [0.1, 0.15) is 0 Å². The van der Waals surface area contributed by atoms with E-state index < -0.39 is 0 Å². The largest absolute Gasteiger partial charge is 0.262 e. The van der Waals surface area contributed by atoms with Crippen molar-refractivity contribution < 1.29 is 0 Å². The Balaban J connectivity index is 0.000000257. The van der Waals surface area contributed by atoms with E-state index in [1.165, 1.54) is 57.5 Å². The molecule has 1 unspecified atom stereocenters. The second-order valence-corrected chi connectivity index (χ2v) is 7.74. The number of aryl methyl sites for hydroxylation is 2. The minimum atomic E-state index is 0.636. The Bertz CT molecular complexity index is 1060. The zero-order chi connectivity index (χ0) is 18.8. The van der Waals surface area contributed by atoms with Gasteiger partial charge in [-0.05, 0) is 71.5 Å². The summed E-state index contributed by atoms with van der Waals surface area (Å²) in [6, 6.07) is 13.4. The Hall–Kier alpha value is -2.45. The fourth-order valence-corrected chi connectivity index (χ4v) is 4.43. The molecule has 2 nitrogen and oxygen atoms in total. The molecule has 0 amide bonds. The number of benzene rings is 3. The number of halogens is 1. The van der Waals surface area contributed by atoms with Gasteiger partial charge < -0.3 is 0 Å². The number of hydrogen-bond acceptors (Lipinski definition) is 2. The maximum Gasteiger partial charge on any atom is 0.0490 e. The highest BCUT2D eigenvalue weighted by Crippen LogP contribution is 2.41. The maximum absolute atomic E-state index is 6.60. The number of nitrogens with zero attached hydrogens (tertiary/aromatic N) is 2. The third-order valence-corrected chi connectivity index (χ3v) is 5.74. The van der Waals surface area contributed by atoms with Gasteiger partial charge in [0, 0.05) is 35.2 Å². The van der Waals surface area contributed by atoms with E-state index in [1.807, 2.05) is 0 Å². The molecular formula is C24H23ClN2. The van der Waals surface area contributed by atoms with Crippen LogP contribution < -0.4 is 0 Å². The first-order chi connectivity index (χ1) is 13.1. The molecule has 3 aromatic carbocycles. The van der Waals surface area contributed by atoms with Crippen LogP contribution in [0.3, 0.4) is 0 Å². The van der Waals surface area contributed by atoms with E-state index in [4.69, 9.17) is 11.6 Å². The van der Waals surface area contributed by atoms with Gasteiger partial charge in [-0.3, -0.25) is 9.97 Å². The summed E-state index contributed by atoms with van der Waals surface area (Å²) in [4.78, 5) is 7.44. The van der Waals surface area contributed by atoms with Crippen LogP contribution in [0.15, 0.2) is 61.2 Å². The molecule has 1 atom stereocenters. The summed E-state index contributed by atoms with van der Waals surface area (Å²) in [6.45, 7) is 4.47. The lowest BCUT2D eigenvalue weighted by atomic mass is 9.80. The first-order valence-corrected chi connectivity index (χ1v) is 9.87. The van der Waals surface area contributed by atoms with Crippen molar-refractivity contribution in [1.29, 1.82) is 0 Å². The van der Waals surface area contributed by atoms with Crippen LogP contribution >= 0.6 is 11.6 Å². The molecule has 5 rings (SSSR count). The summed E-state index contributed by atoms with van der Waals surface area (Å²) in [5.41, 5.74) is 4.31. The van der Waals surface area contributed by atoms with Crippen molar-refractivity contribution in [3.05, 3.63) is 82.9 Å². The van der Waals surface area contributed by atoms with Crippen LogP contribution in [0.4, 0.5) is 0 Å². The van der Waals surface area contributed by atoms with E-state index >= 15 is 0 Å². The van der Waals surface area contributed by atoms with Crippen molar-refractivity contribution in [2.24, 2.45) is 0 Å². The van der Waals surface area contributed by atoms with E-state index in [-0.39, 0.29) is 0 Å². The van der Waals surface area contributed by atoms with Crippen LogP contribution in [0.1, 0.15) is 42.4 Å². The van der Waals surface area contributed by atoms with Crippen molar-refractivity contribution in [1.82, 2.24) is 9.97 Å². The van der Waals surface area contributed by atoms with Crippen LogP contribution in [0.25, 0.3) is 21.5 Å². The maximum atomic E-state index is 6.60. The molecule has 1 aliphatic carbocycles. The topological polar surface area (TPSA) is 25.8 Å². The first-order valence-electron chi connectivity index (χ1n) is 9.49. The van der Waals surface area contributed by atoms with Gasteiger partial charge in [0.25, 0.3) is 0 Å². The average molecular weight is 375 g/mol. The molecule has 0 saturated carbocycles. The highest BCUT2D eigenvalue weighted by atomic mass is 35.5. The number of rotatable bonds is 0. The summed E-state index contributed by atoms with van der Waals surface area (Å²) < 4.78 is 0. The van der Waals surface area contributed by atoms with Gasteiger partial charge in [0.15, 0.2) is 0 Å². The summed E-state index contributed by atoms with van der Waals surface area (Å²) in [7, 11) is 0. The summed E-state index contributed by atoms with van der Waals surface area (Å²) in [6.07, 6.45) is 10.4. The highest BCUT2D eigenvalue weighted by Gasteiger charge is 2.20. The first kappa shape index (κ1) is 17.9. The Kier molecular flexibility index (Phi) is 5.09. The molecule has 0 bridgehead atoms. The van der Waals surface area contributed by atoms with Crippen LogP contribution in [0.5, 0.6) is 0 Å². The van der Waals surface area contributed by atoms with E-state index in [0.29, 0.717) is 5.92 Å². The van der Waals surface area contributed by atoms with Gasteiger partial charge in [0.05, 0.1) is 0 Å². The fraction of sp³-hybridized carbons (Fsp3) is 0.250. The van der Waals surface area contributed by atoms with Gasteiger partial charge >= 0.3 is 0 Å². The van der Waals surface area contributed by atoms with Crippen LogP contribution in [0, 0.1) is 6.92 Å². The minimum Gasteiger partial charge on any atom is -0.262 e. The lowest BCUT2D eigenvalue weighted by molar-refractivity contribution is 0.595. The highest BCUT2D eigenvalue weighted by molar-refractivity contribution is 6.37. The average Bonchev–Trinajstić information content (AvgIpc) is 2.70. The van der Waals surface area contributed by atoms with E-state index in [1.54, 1.807) is 24.8 Å². The molecule has 3 heteroatoms. The Labute approximate surface area is 165 Å². The molecule has 0 spiro atoms. The third kappa shape index (κ3) is 3.54. The second kappa shape index (κ2) is 7.66. The Morgan fingerprint density at radius 2 is 1.52 bits per heavy atom. The lowest BCUT2D eigenvalue weighted by Gasteiger charge is -2.25. The molecule has 0 aliphatic heterocycles. The monoisotopic (exact) mass is 374 g/mol. The van der Waals surface area contributed by atoms with Gasteiger partial charge in [-0.15, -0.1) is 0 Å². The quantitative estimate of drug-likeness (QED) is 0.314. The van der Waals surface area contributed by atoms with Gasteiger partial charge in [-0.2, -0.15) is 0 Å². The SMILES string of the molecule is Cc1ccc2c(c1)c(Cl)cc1c3c(ccc12)CCCC3C.c1cnccn1. The molecule has 4 aromatic rings. The van der Waals surface area contributed by atoms with Gasteiger partial charge in [-0.25, -0.2) is 0 Å². The van der Waals surface area contributed by atoms with Gasteiger partial charge in [-0.1, -0.05) is 48.4 Å². The number of aromatic nitrogens is 2. The van der Waals surface area contributed by atoms with Crippen molar-refractivity contribution >= 4 is 33.1 Å². The summed E-state index contributed by atoms with van der Waals surface area (Å²) in [5.74, 6) is 0.636. The molecule has 136 valence electrons. The number of fused-ring (bicyclic) bond motifs is 5. The predicted octanol–water partition coefficient (Wildman–Crippen LogP) is 6.87. The second-order valence-electron chi connectivity index (χ2n) is 7.33. The Morgan fingerprint density at radius 3 is 2.22 bits per heavy atom. The molecule has 0 N–H and O–H groups in total. The van der Waals surface area contributed by atoms with Crippen LogP contribution in [0.2, 0.25) is 5.02 Å². The lowest BCUT2D eigenvalue weighted by Crippen LogP contribution is -2.07. The molecule has 1 aliphatic rings. The number of hydrogen-bond donors (Lipinski definition) is 0. The molecule has 1 aromatic heterocycles. The zero-order valence-electron chi connectivity index (χ0n) is 15.7. The summed E-state index contributed by atoms with van der Waals surface area (Å²) >= 11 is 6.60. The molecule has 0 saturated heterocycles. The third-order valence-electron chi connectivity index (χ3n) is 5.42. The van der Waals surface area contributed by atoms with Crippen molar-refractivity contribution in [2.75, 3.05) is 0 Å². The van der Waals surface area contributed by atoms with E-state index in [9.17, 15) is 0 Å². The molecule has 0 fully saturated rings. The Morgan fingerprint density at radius 1 is 0.852 bits per heavy atom.